The van der Waals surface area contributed by atoms with Gasteiger partial charge in [0.1, 0.15) is 0 Å². The van der Waals surface area contributed by atoms with E-state index in [-0.39, 0.29) is 5.41 Å². The number of aryl methyl sites for hydroxylation is 1. The first kappa shape index (κ1) is 14.2. The van der Waals surface area contributed by atoms with Crippen LogP contribution < -0.4 is 0 Å². The SMILES string of the molecule is Cc1cc2c(n1-c1cccc(Cl)c1)CC(C)(C)C/C2=N\O. The summed E-state index contributed by atoms with van der Waals surface area (Å²) in [4.78, 5) is 0. The van der Waals surface area contributed by atoms with Gasteiger partial charge in [-0.1, -0.05) is 36.7 Å². The first-order valence-electron chi connectivity index (χ1n) is 7.10. The van der Waals surface area contributed by atoms with Crippen molar-refractivity contribution in [1.82, 2.24) is 4.57 Å². The lowest BCUT2D eigenvalue weighted by molar-refractivity contribution is 0.305. The smallest absolute Gasteiger partial charge is 0.0891 e. The average Bonchev–Trinajstić information content (AvgIpc) is 2.72. The molecule has 1 heterocycles. The highest BCUT2D eigenvalue weighted by Gasteiger charge is 2.33. The molecule has 3 rings (SSSR count). The summed E-state index contributed by atoms with van der Waals surface area (Å²) in [6, 6.07) is 9.95. The minimum absolute atomic E-state index is 0.0790. The summed E-state index contributed by atoms with van der Waals surface area (Å²) in [5.41, 5.74) is 5.27. The Morgan fingerprint density at radius 1 is 1.24 bits per heavy atom. The standard InChI is InChI=1S/C17H19ClN2O/c1-11-7-14-15(19-21)9-17(2,3)10-16(14)20(11)13-6-4-5-12(18)8-13/h4-8,21H,9-10H2,1-3H3/b19-15+. The molecule has 21 heavy (non-hydrogen) atoms. The summed E-state index contributed by atoms with van der Waals surface area (Å²) in [5, 5.41) is 13.6. The van der Waals surface area contributed by atoms with Crippen molar-refractivity contribution >= 4 is 17.3 Å². The van der Waals surface area contributed by atoms with Crippen LogP contribution in [0.3, 0.4) is 0 Å². The first-order chi connectivity index (χ1) is 9.91. The van der Waals surface area contributed by atoms with E-state index in [0.717, 1.165) is 40.5 Å². The lowest BCUT2D eigenvalue weighted by Gasteiger charge is -2.31. The number of hydrogen-bond acceptors (Lipinski definition) is 2. The van der Waals surface area contributed by atoms with Gasteiger partial charge in [0.25, 0.3) is 0 Å². The molecule has 0 saturated heterocycles. The predicted molar refractivity (Wildman–Crippen MR) is 85.9 cm³/mol. The van der Waals surface area contributed by atoms with E-state index in [1.165, 1.54) is 5.69 Å². The van der Waals surface area contributed by atoms with Crippen molar-refractivity contribution in [2.24, 2.45) is 10.6 Å². The van der Waals surface area contributed by atoms with Crippen molar-refractivity contribution in [3.63, 3.8) is 0 Å². The number of nitrogens with zero attached hydrogens (tertiary/aromatic N) is 2. The van der Waals surface area contributed by atoms with E-state index in [9.17, 15) is 5.21 Å². The molecule has 0 amide bonds. The maximum atomic E-state index is 9.34. The molecule has 0 radical (unpaired) electrons. The van der Waals surface area contributed by atoms with Crippen LogP contribution in [0.5, 0.6) is 0 Å². The van der Waals surface area contributed by atoms with Gasteiger partial charge in [0.15, 0.2) is 0 Å². The van der Waals surface area contributed by atoms with Gasteiger partial charge < -0.3 is 9.77 Å². The number of aromatic nitrogens is 1. The zero-order valence-corrected chi connectivity index (χ0v) is 13.3. The summed E-state index contributed by atoms with van der Waals surface area (Å²) in [6.45, 7) is 6.47. The Morgan fingerprint density at radius 2 is 2.00 bits per heavy atom. The number of fused-ring (bicyclic) bond motifs is 1. The highest BCUT2D eigenvalue weighted by atomic mass is 35.5. The van der Waals surface area contributed by atoms with Crippen molar-refractivity contribution < 1.29 is 5.21 Å². The summed E-state index contributed by atoms with van der Waals surface area (Å²) in [5.74, 6) is 0. The van der Waals surface area contributed by atoms with Gasteiger partial charge >= 0.3 is 0 Å². The molecule has 110 valence electrons. The summed E-state index contributed by atoms with van der Waals surface area (Å²) in [6.07, 6.45) is 1.73. The number of halogens is 1. The third-order valence-electron chi connectivity index (χ3n) is 4.08. The summed E-state index contributed by atoms with van der Waals surface area (Å²) in [7, 11) is 0. The Balaban J connectivity index is 2.23. The number of benzene rings is 1. The van der Waals surface area contributed by atoms with E-state index in [1.54, 1.807) is 0 Å². The van der Waals surface area contributed by atoms with Gasteiger partial charge in [0, 0.05) is 27.7 Å². The fraction of sp³-hybridized carbons (Fsp3) is 0.353. The maximum Gasteiger partial charge on any atom is 0.0891 e. The van der Waals surface area contributed by atoms with Gasteiger partial charge in [0.05, 0.1) is 5.71 Å². The lowest BCUT2D eigenvalue weighted by atomic mass is 9.76. The molecule has 3 nitrogen and oxygen atoms in total. The second-order valence-corrected chi connectivity index (χ2v) is 6.96. The van der Waals surface area contributed by atoms with Crippen LogP contribution in [-0.2, 0) is 6.42 Å². The van der Waals surface area contributed by atoms with Crippen molar-refractivity contribution in [3.8, 4) is 5.69 Å². The Bertz CT molecular complexity index is 728. The Hall–Kier alpha value is -1.74. The van der Waals surface area contributed by atoms with Crippen molar-refractivity contribution in [2.45, 2.75) is 33.6 Å². The van der Waals surface area contributed by atoms with Crippen LogP contribution in [0.15, 0.2) is 35.5 Å². The van der Waals surface area contributed by atoms with E-state index in [1.807, 2.05) is 18.2 Å². The number of rotatable bonds is 1. The summed E-state index contributed by atoms with van der Waals surface area (Å²) < 4.78 is 2.22. The second-order valence-electron chi connectivity index (χ2n) is 6.53. The van der Waals surface area contributed by atoms with Crippen LogP contribution in [-0.4, -0.2) is 15.5 Å². The Morgan fingerprint density at radius 3 is 2.67 bits per heavy atom. The van der Waals surface area contributed by atoms with Gasteiger partial charge in [-0.3, -0.25) is 0 Å². The van der Waals surface area contributed by atoms with Gasteiger partial charge in [-0.15, -0.1) is 0 Å². The van der Waals surface area contributed by atoms with Crippen molar-refractivity contribution in [3.05, 3.63) is 52.3 Å². The average molecular weight is 303 g/mol. The quantitative estimate of drug-likeness (QED) is 0.607. The van der Waals surface area contributed by atoms with E-state index in [0.29, 0.717) is 0 Å². The fourth-order valence-electron chi connectivity index (χ4n) is 3.24. The molecule has 0 unspecified atom stereocenters. The zero-order chi connectivity index (χ0) is 15.2. The molecular formula is C17H19ClN2O. The molecule has 4 heteroatoms. The van der Waals surface area contributed by atoms with E-state index < -0.39 is 0 Å². The highest BCUT2D eigenvalue weighted by molar-refractivity contribution is 6.30. The van der Waals surface area contributed by atoms with Gasteiger partial charge in [-0.25, -0.2) is 0 Å². The molecule has 0 bridgehead atoms. The maximum absolute atomic E-state index is 9.34. The molecule has 0 fully saturated rings. The molecule has 1 N–H and O–H groups in total. The Labute approximate surface area is 129 Å². The monoisotopic (exact) mass is 302 g/mol. The molecule has 0 spiro atoms. The minimum Gasteiger partial charge on any atom is -0.411 e. The van der Waals surface area contributed by atoms with Crippen LogP contribution in [0.4, 0.5) is 0 Å². The summed E-state index contributed by atoms with van der Waals surface area (Å²) >= 11 is 6.13. The number of hydrogen-bond donors (Lipinski definition) is 1. The third kappa shape index (κ3) is 2.46. The molecule has 0 atom stereocenters. The van der Waals surface area contributed by atoms with Crippen molar-refractivity contribution in [1.29, 1.82) is 0 Å². The highest BCUT2D eigenvalue weighted by Crippen LogP contribution is 2.38. The number of oxime groups is 1. The second kappa shape index (κ2) is 4.92. The molecule has 0 aliphatic heterocycles. The molecule has 1 aliphatic carbocycles. The fourth-order valence-corrected chi connectivity index (χ4v) is 3.43. The zero-order valence-electron chi connectivity index (χ0n) is 12.5. The topological polar surface area (TPSA) is 37.5 Å². The predicted octanol–water partition coefficient (Wildman–Crippen LogP) is 4.59. The molecular weight excluding hydrogens is 284 g/mol. The van der Waals surface area contributed by atoms with Crippen LogP contribution in [0, 0.1) is 12.3 Å². The van der Waals surface area contributed by atoms with Crippen molar-refractivity contribution in [2.75, 3.05) is 0 Å². The largest absolute Gasteiger partial charge is 0.411 e. The Kier molecular flexibility index (Phi) is 3.33. The molecule has 1 aromatic carbocycles. The minimum atomic E-state index is 0.0790. The van der Waals surface area contributed by atoms with E-state index in [2.05, 4.69) is 42.6 Å². The first-order valence-corrected chi connectivity index (χ1v) is 7.47. The van der Waals surface area contributed by atoms with Crippen LogP contribution in [0.1, 0.15) is 37.2 Å². The molecule has 1 aliphatic rings. The lowest BCUT2D eigenvalue weighted by Crippen LogP contribution is -2.28. The molecule has 0 saturated carbocycles. The van der Waals surface area contributed by atoms with E-state index >= 15 is 0 Å². The van der Waals surface area contributed by atoms with Crippen LogP contribution >= 0.6 is 11.6 Å². The van der Waals surface area contributed by atoms with Crippen LogP contribution in [0.2, 0.25) is 5.02 Å². The van der Waals surface area contributed by atoms with Gasteiger partial charge in [-0.05, 0) is 49.4 Å². The molecule has 1 aromatic heterocycles. The van der Waals surface area contributed by atoms with E-state index in [4.69, 9.17) is 11.6 Å². The molecule has 2 aromatic rings. The van der Waals surface area contributed by atoms with Crippen LogP contribution in [0.25, 0.3) is 5.69 Å². The van der Waals surface area contributed by atoms with Gasteiger partial charge in [0.2, 0.25) is 0 Å². The normalized spacial score (nSPS) is 18.8. The third-order valence-corrected chi connectivity index (χ3v) is 4.31. The van der Waals surface area contributed by atoms with Gasteiger partial charge in [-0.2, -0.15) is 0 Å².